The zero-order chi connectivity index (χ0) is 19.6. The number of hydrogen-bond donors (Lipinski definition) is 1. The van der Waals surface area contributed by atoms with Crippen molar-refractivity contribution in [1.29, 1.82) is 0 Å². The van der Waals surface area contributed by atoms with Gasteiger partial charge >= 0.3 is 0 Å². The molecule has 0 aliphatic carbocycles. The van der Waals surface area contributed by atoms with Gasteiger partial charge in [0.1, 0.15) is 0 Å². The first-order valence-electron chi connectivity index (χ1n) is 8.98. The Balaban J connectivity index is 1.99. The average Bonchev–Trinajstić information content (AvgIpc) is 2.65. The molecule has 146 valence electrons. The predicted octanol–water partition coefficient (Wildman–Crippen LogP) is 4.25. The van der Waals surface area contributed by atoms with Gasteiger partial charge < -0.3 is 19.5 Å². The molecule has 27 heavy (non-hydrogen) atoms. The van der Waals surface area contributed by atoms with Crippen LogP contribution in [0.25, 0.3) is 0 Å². The smallest absolute Gasteiger partial charge is 0.224 e. The van der Waals surface area contributed by atoms with Crippen molar-refractivity contribution in [2.45, 2.75) is 33.4 Å². The van der Waals surface area contributed by atoms with E-state index in [-0.39, 0.29) is 12.3 Å². The standard InChI is InChI=1S/C21H26BrNO4/c1-4-26-19-10-17(18(22)12-20(19)27-5-2)11-21(24)23-13-15-6-8-16(9-7-15)14-25-3/h6-10,12H,4-5,11,13-14H2,1-3H3,(H,23,24). The van der Waals surface area contributed by atoms with Gasteiger partial charge in [-0.2, -0.15) is 0 Å². The molecule has 0 radical (unpaired) electrons. The van der Waals surface area contributed by atoms with Crippen LogP contribution in [0.5, 0.6) is 11.5 Å². The Bertz CT molecular complexity index is 747. The zero-order valence-corrected chi connectivity index (χ0v) is 17.6. The summed E-state index contributed by atoms with van der Waals surface area (Å²) < 4.78 is 17.2. The molecule has 0 saturated carbocycles. The fourth-order valence-electron chi connectivity index (χ4n) is 2.61. The summed E-state index contributed by atoms with van der Waals surface area (Å²) in [6.07, 6.45) is 0.259. The second-order valence-electron chi connectivity index (χ2n) is 5.96. The molecule has 5 nitrogen and oxygen atoms in total. The van der Waals surface area contributed by atoms with Gasteiger partial charge in [0.15, 0.2) is 11.5 Å². The minimum absolute atomic E-state index is 0.0525. The van der Waals surface area contributed by atoms with Crippen molar-refractivity contribution in [3.8, 4) is 11.5 Å². The first kappa shape index (κ1) is 21.3. The number of rotatable bonds is 10. The average molecular weight is 436 g/mol. The number of amides is 1. The second kappa shape index (κ2) is 10.9. The lowest BCUT2D eigenvalue weighted by atomic mass is 10.1. The van der Waals surface area contributed by atoms with Crippen molar-refractivity contribution in [3.05, 3.63) is 57.6 Å². The maximum absolute atomic E-state index is 12.4. The van der Waals surface area contributed by atoms with E-state index >= 15 is 0 Å². The van der Waals surface area contributed by atoms with Gasteiger partial charge in [-0.3, -0.25) is 4.79 Å². The number of hydrogen-bond acceptors (Lipinski definition) is 4. The van der Waals surface area contributed by atoms with E-state index in [4.69, 9.17) is 14.2 Å². The van der Waals surface area contributed by atoms with Crippen LogP contribution < -0.4 is 14.8 Å². The molecule has 0 aliphatic heterocycles. The minimum atomic E-state index is -0.0525. The van der Waals surface area contributed by atoms with E-state index < -0.39 is 0 Å². The summed E-state index contributed by atoms with van der Waals surface area (Å²) in [4.78, 5) is 12.4. The molecular weight excluding hydrogens is 410 g/mol. The maximum atomic E-state index is 12.4. The molecule has 2 aromatic rings. The Hall–Kier alpha value is -2.05. The van der Waals surface area contributed by atoms with Crippen LogP contribution in [0.15, 0.2) is 40.9 Å². The third kappa shape index (κ3) is 6.56. The molecule has 2 aromatic carbocycles. The molecule has 0 aromatic heterocycles. The van der Waals surface area contributed by atoms with E-state index in [1.165, 1.54) is 0 Å². The van der Waals surface area contributed by atoms with Crippen LogP contribution >= 0.6 is 15.9 Å². The first-order valence-corrected chi connectivity index (χ1v) is 9.78. The molecule has 0 spiro atoms. The summed E-state index contributed by atoms with van der Waals surface area (Å²) in [7, 11) is 1.67. The number of carbonyl (C=O) groups excluding carboxylic acids is 1. The molecule has 0 fully saturated rings. The van der Waals surface area contributed by atoms with E-state index in [2.05, 4.69) is 21.2 Å². The van der Waals surface area contributed by atoms with Crippen LogP contribution in [-0.4, -0.2) is 26.2 Å². The van der Waals surface area contributed by atoms with Gasteiger partial charge in [0, 0.05) is 18.1 Å². The molecular formula is C21H26BrNO4. The molecule has 0 heterocycles. The molecule has 1 amide bonds. The highest BCUT2D eigenvalue weighted by atomic mass is 79.9. The van der Waals surface area contributed by atoms with Gasteiger partial charge in [-0.25, -0.2) is 0 Å². The van der Waals surface area contributed by atoms with Gasteiger partial charge in [0.2, 0.25) is 5.91 Å². The molecule has 0 bridgehead atoms. The largest absolute Gasteiger partial charge is 0.490 e. The minimum Gasteiger partial charge on any atom is -0.490 e. The van der Waals surface area contributed by atoms with Crippen molar-refractivity contribution in [2.24, 2.45) is 0 Å². The monoisotopic (exact) mass is 435 g/mol. The summed E-state index contributed by atoms with van der Waals surface area (Å²) in [6, 6.07) is 11.7. The molecule has 6 heteroatoms. The van der Waals surface area contributed by atoms with Crippen molar-refractivity contribution in [1.82, 2.24) is 5.32 Å². The third-order valence-electron chi connectivity index (χ3n) is 3.89. The van der Waals surface area contributed by atoms with Gasteiger partial charge in [-0.1, -0.05) is 40.2 Å². The Kier molecular flexibility index (Phi) is 8.61. The van der Waals surface area contributed by atoms with Gasteiger partial charge in [0.05, 0.1) is 26.2 Å². The van der Waals surface area contributed by atoms with E-state index in [9.17, 15) is 4.79 Å². The van der Waals surface area contributed by atoms with E-state index in [1.54, 1.807) is 7.11 Å². The molecule has 2 rings (SSSR count). The molecule has 0 saturated heterocycles. The van der Waals surface area contributed by atoms with Crippen molar-refractivity contribution in [2.75, 3.05) is 20.3 Å². The Morgan fingerprint density at radius 1 is 1.00 bits per heavy atom. The Morgan fingerprint density at radius 2 is 1.59 bits per heavy atom. The van der Waals surface area contributed by atoms with Crippen LogP contribution in [0.2, 0.25) is 0 Å². The lowest BCUT2D eigenvalue weighted by Gasteiger charge is -2.14. The van der Waals surface area contributed by atoms with Crippen LogP contribution in [-0.2, 0) is 29.1 Å². The number of methoxy groups -OCH3 is 1. The van der Waals surface area contributed by atoms with Gasteiger partial charge in [-0.05, 0) is 42.7 Å². The number of benzene rings is 2. The van der Waals surface area contributed by atoms with Gasteiger partial charge in [0.25, 0.3) is 0 Å². The summed E-state index contributed by atoms with van der Waals surface area (Å²) >= 11 is 3.52. The summed E-state index contributed by atoms with van der Waals surface area (Å²) in [5.74, 6) is 1.27. The van der Waals surface area contributed by atoms with Crippen molar-refractivity contribution < 1.29 is 19.0 Å². The highest BCUT2D eigenvalue weighted by Gasteiger charge is 2.13. The molecule has 0 atom stereocenters. The van der Waals surface area contributed by atoms with Crippen LogP contribution in [0.4, 0.5) is 0 Å². The number of ether oxygens (including phenoxy) is 3. The topological polar surface area (TPSA) is 56.8 Å². The lowest BCUT2D eigenvalue weighted by molar-refractivity contribution is -0.120. The highest BCUT2D eigenvalue weighted by molar-refractivity contribution is 9.10. The van der Waals surface area contributed by atoms with Crippen LogP contribution in [0, 0.1) is 0 Å². The fourth-order valence-corrected chi connectivity index (χ4v) is 3.07. The SMILES string of the molecule is CCOc1cc(Br)c(CC(=O)NCc2ccc(COC)cc2)cc1OCC. The van der Waals surface area contributed by atoms with Crippen molar-refractivity contribution >= 4 is 21.8 Å². The fraction of sp³-hybridized carbons (Fsp3) is 0.381. The van der Waals surface area contributed by atoms with Crippen LogP contribution in [0.1, 0.15) is 30.5 Å². The summed E-state index contributed by atoms with van der Waals surface area (Å²) in [5.41, 5.74) is 3.01. The first-order chi connectivity index (χ1) is 13.1. The normalized spacial score (nSPS) is 10.5. The Morgan fingerprint density at radius 3 is 2.19 bits per heavy atom. The second-order valence-corrected chi connectivity index (χ2v) is 6.81. The van der Waals surface area contributed by atoms with E-state index in [1.807, 2.05) is 50.2 Å². The third-order valence-corrected chi connectivity index (χ3v) is 4.63. The lowest BCUT2D eigenvalue weighted by Crippen LogP contribution is -2.24. The number of nitrogens with one attached hydrogen (secondary N) is 1. The molecule has 1 N–H and O–H groups in total. The number of halogens is 1. The maximum Gasteiger partial charge on any atom is 0.224 e. The summed E-state index contributed by atoms with van der Waals surface area (Å²) in [6.45, 7) is 6.00. The summed E-state index contributed by atoms with van der Waals surface area (Å²) in [5, 5.41) is 2.95. The predicted molar refractivity (Wildman–Crippen MR) is 109 cm³/mol. The molecule has 0 aliphatic rings. The highest BCUT2D eigenvalue weighted by Crippen LogP contribution is 2.34. The van der Waals surface area contributed by atoms with Crippen molar-refractivity contribution in [3.63, 3.8) is 0 Å². The molecule has 0 unspecified atom stereocenters. The van der Waals surface area contributed by atoms with E-state index in [0.717, 1.165) is 21.2 Å². The van der Waals surface area contributed by atoms with E-state index in [0.29, 0.717) is 37.9 Å². The van der Waals surface area contributed by atoms with Gasteiger partial charge in [-0.15, -0.1) is 0 Å². The zero-order valence-electron chi connectivity index (χ0n) is 16.0. The number of carbonyl (C=O) groups is 1. The van der Waals surface area contributed by atoms with Crippen LogP contribution in [0.3, 0.4) is 0 Å². The quantitative estimate of drug-likeness (QED) is 0.605. The Labute approximate surface area is 169 Å².